The monoisotopic (exact) mass is 644 g/mol. The summed E-state index contributed by atoms with van der Waals surface area (Å²) in [6.07, 6.45) is 5.49. The van der Waals surface area contributed by atoms with E-state index in [0.717, 1.165) is 31.2 Å². The highest BCUT2D eigenvalue weighted by atomic mass is 32.2. The Morgan fingerprint density at radius 2 is 1.96 bits per heavy atom. The number of carbonyl (C=O) groups excluding carboxylic acids is 1. The number of fused-ring (bicyclic) bond motifs is 2. The van der Waals surface area contributed by atoms with E-state index in [1.807, 2.05) is 36.4 Å². The molecule has 0 saturated carbocycles. The minimum absolute atomic E-state index is 0.0348. The number of methoxy groups -OCH3 is 1. The van der Waals surface area contributed by atoms with Gasteiger partial charge in [-0.2, -0.15) is 4.31 Å². The second-order valence-electron chi connectivity index (χ2n) is 11.6. The molecule has 0 radical (unpaired) electrons. The maximum Gasteiger partial charge on any atom is 0.407 e. The third-order valence-electron chi connectivity index (χ3n) is 8.50. The Labute approximate surface area is 265 Å². The Balaban J connectivity index is 1.37. The highest BCUT2D eigenvalue weighted by molar-refractivity contribution is 7.89. The van der Waals surface area contributed by atoms with Crippen molar-refractivity contribution in [3.63, 3.8) is 0 Å². The number of benzene rings is 2. The quantitative estimate of drug-likeness (QED) is 0.412. The van der Waals surface area contributed by atoms with Gasteiger partial charge in [-0.3, -0.25) is 0 Å². The molecule has 5 atom stereocenters. The van der Waals surface area contributed by atoms with Crippen LogP contribution in [0, 0.1) is 5.92 Å². The zero-order chi connectivity index (χ0) is 31.6. The van der Waals surface area contributed by atoms with Crippen LogP contribution in [0.4, 0.5) is 4.79 Å². The predicted molar refractivity (Wildman–Crippen MR) is 166 cm³/mol. The van der Waals surface area contributed by atoms with Crippen LogP contribution in [0.3, 0.4) is 0 Å². The minimum atomic E-state index is -4.07. The summed E-state index contributed by atoms with van der Waals surface area (Å²) in [5.74, 6) is 0.483. The van der Waals surface area contributed by atoms with E-state index >= 15 is 0 Å². The summed E-state index contributed by atoms with van der Waals surface area (Å²) >= 11 is 0. The number of rotatable bonds is 8. The van der Waals surface area contributed by atoms with Crippen molar-refractivity contribution >= 4 is 16.1 Å². The van der Waals surface area contributed by atoms with Crippen LogP contribution in [-0.2, 0) is 42.0 Å². The molecule has 1 amide bonds. The van der Waals surface area contributed by atoms with Crippen LogP contribution in [0.1, 0.15) is 43.2 Å². The second-order valence-corrected chi connectivity index (χ2v) is 13.6. The predicted octanol–water partition coefficient (Wildman–Crippen LogP) is 3.79. The lowest BCUT2D eigenvalue weighted by atomic mass is 10.0. The maximum absolute atomic E-state index is 14.2. The summed E-state index contributed by atoms with van der Waals surface area (Å²) in [6, 6.07) is 13.4. The molecule has 0 spiro atoms. The molecule has 12 heteroatoms. The normalized spacial score (nSPS) is 26.0. The molecule has 5 rings (SSSR count). The van der Waals surface area contributed by atoms with E-state index in [4.69, 9.17) is 23.7 Å². The Bertz CT molecular complexity index is 1390. The SMILES string of the molecule is COc1ccc2c(c1)COC/C=C/CCCCCN(C[C@@H](O)[C@H](Cc1ccccc1)NC(=O)O[C@H]1CO[C@H]3OCC[C@H]31)S2(=O)=O. The summed E-state index contributed by atoms with van der Waals surface area (Å²) in [4.78, 5) is 13.2. The second kappa shape index (κ2) is 16.0. The average Bonchev–Trinajstić information content (AvgIpc) is 3.66. The van der Waals surface area contributed by atoms with Gasteiger partial charge in [-0.15, -0.1) is 0 Å². The van der Waals surface area contributed by atoms with Gasteiger partial charge in [0.1, 0.15) is 11.9 Å². The van der Waals surface area contributed by atoms with E-state index in [-0.39, 0.29) is 49.8 Å². The Hall–Kier alpha value is -3.00. The smallest absolute Gasteiger partial charge is 0.407 e. The summed E-state index contributed by atoms with van der Waals surface area (Å²) < 4.78 is 57.8. The van der Waals surface area contributed by atoms with Crippen molar-refractivity contribution in [2.24, 2.45) is 5.92 Å². The molecule has 2 fully saturated rings. The van der Waals surface area contributed by atoms with Crippen LogP contribution in [0.25, 0.3) is 0 Å². The number of alkyl carbamates (subject to hydrolysis) is 1. The van der Waals surface area contributed by atoms with E-state index in [1.54, 1.807) is 12.1 Å². The number of aliphatic hydroxyl groups excluding tert-OH is 1. The van der Waals surface area contributed by atoms with Crippen LogP contribution in [0.15, 0.2) is 65.6 Å². The third kappa shape index (κ3) is 8.84. The van der Waals surface area contributed by atoms with Crippen molar-refractivity contribution < 1.29 is 42.0 Å². The van der Waals surface area contributed by atoms with Gasteiger partial charge in [0.15, 0.2) is 6.29 Å². The van der Waals surface area contributed by atoms with Crippen LogP contribution in [-0.4, -0.2) is 88.5 Å². The van der Waals surface area contributed by atoms with Crippen molar-refractivity contribution in [1.82, 2.24) is 9.62 Å². The summed E-state index contributed by atoms with van der Waals surface area (Å²) in [7, 11) is -2.55. The third-order valence-corrected chi connectivity index (χ3v) is 10.5. The first-order valence-electron chi connectivity index (χ1n) is 15.7. The topological polar surface area (TPSA) is 133 Å². The number of ether oxygens (including phenoxy) is 5. The van der Waals surface area contributed by atoms with Crippen LogP contribution < -0.4 is 10.1 Å². The lowest BCUT2D eigenvalue weighted by molar-refractivity contribution is -0.0907. The zero-order valence-electron chi connectivity index (χ0n) is 25.7. The first-order chi connectivity index (χ1) is 21.8. The molecule has 45 heavy (non-hydrogen) atoms. The van der Waals surface area contributed by atoms with Crippen molar-refractivity contribution in [2.75, 3.05) is 40.0 Å². The van der Waals surface area contributed by atoms with Gasteiger partial charge in [-0.25, -0.2) is 13.2 Å². The number of aliphatic hydroxyl groups is 1. The number of amides is 1. The van der Waals surface area contributed by atoms with E-state index in [0.29, 0.717) is 30.9 Å². The summed E-state index contributed by atoms with van der Waals surface area (Å²) in [5, 5.41) is 14.5. The molecule has 0 aromatic heterocycles. The van der Waals surface area contributed by atoms with Crippen LogP contribution in [0.5, 0.6) is 5.75 Å². The number of nitrogens with zero attached hydrogens (tertiary/aromatic N) is 1. The van der Waals surface area contributed by atoms with Gasteiger partial charge in [0.25, 0.3) is 0 Å². The van der Waals surface area contributed by atoms with Crippen molar-refractivity contribution in [3.8, 4) is 5.75 Å². The molecule has 0 aliphatic carbocycles. The van der Waals surface area contributed by atoms with Gasteiger partial charge in [0, 0.05) is 18.7 Å². The number of nitrogens with one attached hydrogen (secondary N) is 1. The van der Waals surface area contributed by atoms with Gasteiger partial charge in [-0.05, 0) is 55.9 Å². The Kier molecular flexibility index (Phi) is 11.9. The average molecular weight is 645 g/mol. The Morgan fingerprint density at radius 1 is 1.11 bits per heavy atom. The van der Waals surface area contributed by atoms with Gasteiger partial charge in [0.05, 0.1) is 56.5 Å². The van der Waals surface area contributed by atoms with Gasteiger partial charge in [-0.1, -0.05) is 48.9 Å². The molecular formula is C33H44N2O9S. The molecule has 0 bridgehead atoms. The Morgan fingerprint density at radius 3 is 2.78 bits per heavy atom. The lowest BCUT2D eigenvalue weighted by Gasteiger charge is -2.30. The molecule has 246 valence electrons. The molecule has 0 unspecified atom stereocenters. The molecule has 3 aliphatic heterocycles. The summed E-state index contributed by atoms with van der Waals surface area (Å²) in [5.41, 5.74) is 1.34. The van der Waals surface area contributed by atoms with Gasteiger partial charge in [0.2, 0.25) is 10.0 Å². The fourth-order valence-electron chi connectivity index (χ4n) is 6.00. The highest BCUT2D eigenvalue weighted by Crippen LogP contribution is 2.33. The number of carbonyl (C=O) groups is 1. The van der Waals surface area contributed by atoms with Crippen LogP contribution in [0.2, 0.25) is 0 Å². The van der Waals surface area contributed by atoms with E-state index in [9.17, 15) is 18.3 Å². The maximum atomic E-state index is 14.2. The van der Waals surface area contributed by atoms with E-state index in [1.165, 1.54) is 17.5 Å². The number of hydrogen-bond donors (Lipinski definition) is 2. The molecular weight excluding hydrogens is 600 g/mol. The molecule has 2 N–H and O–H groups in total. The first kappa shape index (κ1) is 33.4. The molecule has 3 heterocycles. The zero-order valence-corrected chi connectivity index (χ0v) is 26.5. The fourth-order valence-corrected chi connectivity index (χ4v) is 7.69. The molecule has 2 saturated heterocycles. The fraction of sp³-hybridized carbons (Fsp3) is 0.545. The largest absolute Gasteiger partial charge is 0.497 e. The van der Waals surface area contributed by atoms with Crippen LogP contribution >= 0.6 is 0 Å². The lowest BCUT2D eigenvalue weighted by Crippen LogP contribution is -2.51. The first-order valence-corrected chi connectivity index (χ1v) is 17.1. The van der Waals surface area contributed by atoms with Gasteiger partial charge >= 0.3 is 6.09 Å². The number of β-amino-alcohol motifs (C(OH)–C–C–N with tert-alkyl or cyclic N) is 1. The number of hydrogen-bond acceptors (Lipinski definition) is 9. The summed E-state index contributed by atoms with van der Waals surface area (Å²) in [6.45, 7) is 1.22. The molecule has 3 aliphatic rings. The minimum Gasteiger partial charge on any atom is -0.497 e. The van der Waals surface area contributed by atoms with Gasteiger partial charge < -0.3 is 34.1 Å². The molecule has 2 aromatic rings. The van der Waals surface area contributed by atoms with Crippen molar-refractivity contribution in [1.29, 1.82) is 0 Å². The molecule has 2 aromatic carbocycles. The van der Waals surface area contributed by atoms with E-state index < -0.39 is 34.4 Å². The highest BCUT2D eigenvalue weighted by Gasteiger charge is 2.44. The standard InChI is InChI=1S/C33H44N2O9S/c1-40-26-13-14-31-25(20-26)22-41-17-10-5-3-2-4-9-16-35(45(31,38)39)21-29(36)28(19-24-11-7-6-8-12-24)34-33(37)44-30-23-43-32-27(30)15-18-42-32/h5-8,10-14,20,27-30,32,36H,2-4,9,15-19,21-23H2,1H3,(H,34,37)/b10-5+/t27-,28-,29+,30-,32+/m0/s1. The number of sulfonamides is 1. The molecule has 11 nitrogen and oxygen atoms in total. The van der Waals surface area contributed by atoms with E-state index in [2.05, 4.69) is 11.4 Å². The van der Waals surface area contributed by atoms with Crippen molar-refractivity contribution in [3.05, 3.63) is 71.8 Å². The number of allylic oxidation sites excluding steroid dienone is 1. The van der Waals surface area contributed by atoms with Crippen molar-refractivity contribution in [2.45, 2.75) is 74.6 Å².